The fraction of sp³-hybridized carbons (Fsp3) is 0.250. The van der Waals surface area contributed by atoms with Gasteiger partial charge in [0.05, 0.1) is 25.3 Å². The highest BCUT2D eigenvalue weighted by molar-refractivity contribution is 5.79. The highest BCUT2D eigenvalue weighted by atomic mass is 19.1. The Balaban J connectivity index is 2.18. The summed E-state index contributed by atoms with van der Waals surface area (Å²) in [5.41, 5.74) is -0.317. The van der Waals surface area contributed by atoms with Gasteiger partial charge in [0.1, 0.15) is 11.9 Å². The molecule has 1 heterocycles. The first-order chi connectivity index (χ1) is 12.6. The van der Waals surface area contributed by atoms with Crippen LogP contribution in [0.2, 0.25) is 0 Å². The first-order valence-electron chi connectivity index (χ1n) is 8.04. The standard InChI is InChI=1S/C20H16FN3O2/c1-26-19(25)17-16(13-5-3-2-4-6-13)20(11-22,12-23)18(24-17)14-7-9-15(21)10-8-14/h2-10,16-18,24H,1H3. The third-order valence-electron chi connectivity index (χ3n) is 4.81. The second kappa shape index (κ2) is 6.95. The van der Waals surface area contributed by atoms with Crippen LogP contribution in [-0.4, -0.2) is 19.1 Å². The summed E-state index contributed by atoms with van der Waals surface area (Å²) in [4.78, 5) is 12.4. The molecular formula is C20H16FN3O2. The smallest absolute Gasteiger partial charge is 0.323 e. The second-order valence-corrected chi connectivity index (χ2v) is 6.13. The minimum atomic E-state index is -1.56. The predicted octanol–water partition coefficient (Wildman–Crippen LogP) is 2.83. The van der Waals surface area contributed by atoms with Crippen molar-refractivity contribution in [1.82, 2.24) is 5.32 Å². The Kier molecular flexibility index (Phi) is 4.71. The van der Waals surface area contributed by atoms with Crippen LogP contribution >= 0.6 is 0 Å². The number of nitrogens with one attached hydrogen (secondary N) is 1. The van der Waals surface area contributed by atoms with Gasteiger partial charge in [-0.3, -0.25) is 10.1 Å². The molecule has 2 aromatic carbocycles. The Morgan fingerprint density at radius 2 is 1.69 bits per heavy atom. The number of methoxy groups -OCH3 is 1. The lowest BCUT2D eigenvalue weighted by Gasteiger charge is -2.27. The van der Waals surface area contributed by atoms with Crippen LogP contribution in [0.5, 0.6) is 0 Å². The number of ether oxygens (including phenoxy) is 1. The van der Waals surface area contributed by atoms with Crippen molar-refractivity contribution in [2.45, 2.75) is 18.0 Å². The van der Waals surface area contributed by atoms with Crippen LogP contribution in [-0.2, 0) is 9.53 Å². The first-order valence-corrected chi connectivity index (χ1v) is 8.04. The number of hydrogen-bond acceptors (Lipinski definition) is 5. The van der Waals surface area contributed by atoms with Crippen LogP contribution in [0.3, 0.4) is 0 Å². The van der Waals surface area contributed by atoms with Crippen LogP contribution < -0.4 is 5.32 Å². The summed E-state index contributed by atoms with van der Waals surface area (Å²) in [5.74, 6) is -1.71. The molecule has 0 spiro atoms. The molecule has 1 N–H and O–H groups in total. The van der Waals surface area contributed by atoms with Gasteiger partial charge in [-0.25, -0.2) is 4.39 Å². The molecule has 0 saturated carbocycles. The molecule has 1 aliphatic rings. The monoisotopic (exact) mass is 349 g/mol. The van der Waals surface area contributed by atoms with Gasteiger partial charge in [-0.15, -0.1) is 0 Å². The molecule has 5 nitrogen and oxygen atoms in total. The SMILES string of the molecule is COC(=O)C1NC(c2ccc(F)cc2)C(C#N)(C#N)C1c1ccccc1. The molecule has 3 atom stereocenters. The van der Waals surface area contributed by atoms with Crippen molar-refractivity contribution in [2.24, 2.45) is 5.41 Å². The Hall–Kier alpha value is -3.22. The van der Waals surface area contributed by atoms with E-state index in [2.05, 4.69) is 17.5 Å². The molecule has 3 rings (SSSR count). The second-order valence-electron chi connectivity index (χ2n) is 6.13. The number of carbonyl (C=O) groups excluding carboxylic acids is 1. The van der Waals surface area contributed by atoms with Gasteiger partial charge in [-0.2, -0.15) is 10.5 Å². The zero-order valence-electron chi connectivity index (χ0n) is 14.0. The topological polar surface area (TPSA) is 85.9 Å². The average molecular weight is 349 g/mol. The van der Waals surface area contributed by atoms with Crippen LogP contribution in [0.1, 0.15) is 23.1 Å². The van der Waals surface area contributed by atoms with Crippen LogP contribution in [0.25, 0.3) is 0 Å². The summed E-state index contributed by atoms with van der Waals surface area (Å²) in [6.45, 7) is 0. The van der Waals surface area contributed by atoms with E-state index in [0.29, 0.717) is 11.1 Å². The predicted molar refractivity (Wildman–Crippen MR) is 90.9 cm³/mol. The maximum atomic E-state index is 13.3. The van der Waals surface area contributed by atoms with Gasteiger partial charge >= 0.3 is 5.97 Å². The number of benzene rings is 2. The highest BCUT2D eigenvalue weighted by Gasteiger charge is 2.59. The van der Waals surface area contributed by atoms with E-state index in [9.17, 15) is 19.7 Å². The van der Waals surface area contributed by atoms with E-state index in [1.54, 1.807) is 24.3 Å². The van der Waals surface area contributed by atoms with Crippen molar-refractivity contribution >= 4 is 5.97 Å². The summed E-state index contributed by atoms with van der Waals surface area (Å²) in [6, 6.07) is 17.1. The lowest BCUT2D eigenvalue weighted by Crippen LogP contribution is -2.37. The van der Waals surface area contributed by atoms with E-state index in [1.165, 1.54) is 31.4 Å². The minimum absolute atomic E-state index is 0.421. The van der Waals surface area contributed by atoms with Crippen molar-refractivity contribution in [3.63, 3.8) is 0 Å². The summed E-state index contributed by atoms with van der Waals surface area (Å²) in [5, 5.41) is 23.0. The van der Waals surface area contributed by atoms with E-state index in [-0.39, 0.29) is 0 Å². The van der Waals surface area contributed by atoms with Gasteiger partial charge < -0.3 is 4.74 Å². The number of halogens is 1. The largest absolute Gasteiger partial charge is 0.468 e. The number of carbonyl (C=O) groups is 1. The number of esters is 1. The zero-order valence-corrected chi connectivity index (χ0v) is 14.0. The third kappa shape index (κ3) is 2.71. The van der Waals surface area contributed by atoms with E-state index in [4.69, 9.17) is 4.74 Å². The lowest BCUT2D eigenvalue weighted by molar-refractivity contribution is -0.143. The van der Waals surface area contributed by atoms with Crippen molar-refractivity contribution < 1.29 is 13.9 Å². The molecule has 0 bridgehead atoms. The van der Waals surface area contributed by atoms with E-state index in [0.717, 1.165) is 0 Å². The third-order valence-corrected chi connectivity index (χ3v) is 4.81. The fourth-order valence-electron chi connectivity index (χ4n) is 3.60. The molecule has 1 fully saturated rings. The van der Waals surface area contributed by atoms with Crippen molar-refractivity contribution in [2.75, 3.05) is 7.11 Å². The van der Waals surface area contributed by atoms with Crippen molar-refractivity contribution in [3.8, 4) is 12.1 Å². The number of hydrogen-bond donors (Lipinski definition) is 1. The maximum Gasteiger partial charge on any atom is 0.323 e. The van der Waals surface area contributed by atoms with Crippen LogP contribution in [0.4, 0.5) is 4.39 Å². The van der Waals surface area contributed by atoms with Gasteiger partial charge in [0.15, 0.2) is 5.41 Å². The molecule has 3 unspecified atom stereocenters. The number of nitrogens with zero attached hydrogens (tertiary/aromatic N) is 2. The van der Waals surface area contributed by atoms with E-state index >= 15 is 0 Å². The quantitative estimate of drug-likeness (QED) is 0.861. The molecular weight excluding hydrogens is 333 g/mol. The summed E-state index contributed by atoms with van der Waals surface area (Å²) in [6.07, 6.45) is 0. The van der Waals surface area contributed by atoms with Crippen LogP contribution in [0.15, 0.2) is 54.6 Å². The molecule has 130 valence electrons. The van der Waals surface area contributed by atoms with Gasteiger partial charge in [-0.05, 0) is 23.3 Å². The Morgan fingerprint density at radius 1 is 1.08 bits per heavy atom. The van der Waals surface area contributed by atoms with E-state index < -0.39 is 35.2 Å². The highest BCUT2D eigenvalue weighted by Crippen LogP contribution is 2.52. The average Bonchev–Trinajstić information content (AvgIpc) is 3.04. The number of rotatable bonds is 3. The summed E-state index contributed by atoms with van der Waals surface area (Å²) in [7, 11) is 1.26. The Bertz CT molecular complexity index is 870. The molecule has 6 heteroatoms. The minimum Gasteiger partial charge on any atom is -0.468 e. The molecule has 0 aliphatic carbocycles. The summed E-state index contributed by atoms with van der Waals surface area (Å²) >= 11 is 0. The molecule has 1 aliphatic heterocycles. The molecule has 0 amide bonds. The first kappa shape index (κ1) is 17.6. The van der Waals surface area contributed by atoms with Gasteiger partial charge in [-0.1, -0.05) is 42.5 Å². The molecule has 1 saturated heterocycles. The molecule has 2 aromatic rings. The molecule has 0 aromatic heterocycles. The molecule has 0 radical (unpaired) electrons. The number of nitriles is 2. The normalized spacial score (nSPS) is 23.6. The van der Waals surface area contributed by atoms with Gasteiger partial charge in [0.2, 0.25) is 0 Å². The van der Waals surface area contributed by atoms with Crippen molar-refractivity contribution in [1.29, 1.82) is 10.5 Å². The zero-order chi connectivity index (χ0) is 18.7. The molecule has 26 heavy (non-hydrogen) atoms. The van der Waals surface area contributed by atoms with E-state index in [1.807, 2.05) is 6.07 Å². The lowest BCUT2D eigenvalue weighted by atomic mass is 9.69. The van der Waals surface area contributed by atoms with Gasteiger partial charge in [0, 0.05) is 5.92 Å². The fourth-order valence-corrected chi connectivity index (χ4v) is 3.60. The summed E-state index contributed by atoms with van der Waals surface area (Å²) < 4.78 is 18.2. The van der Waals surface area contributed by atoms with Crippen molar-refractivity contribution in [3.05, 3.63) is 71.5 Å². The Morgan fingerprint density at radius 3 is 2.23 bits per heavy atom. The van der Waals surface area contributed by atoms with Gasteiger partial charge in [0.25, 0.3) is 0 Å². The van der Waals surface area contributed by atoms with Crippen LogP contribution in [0, 0.1) is 33.9 Å². The Labute approximate surface area is 150 Å². The maximum absolute atomic E-state index is 13.3.